The van der Waals surface area contributed by atoms with E-state index >= 15 is 0 Å². The molecule has 9 heavy (non-hydrogen) atoms. The Morgan fingerprint density at radius 3 is 2.89 bits per heavy atom. The van der Waals surface area contributed by atoms with Crippen molar-refractivity contribution in [2.24, 2.45) is 0 Å². The lowest BCUT2D eigenvalue weighted by molar-refractivity contribution is -0.118. The van der Waals surface area contributed by atoms with Crippen LogP contribution in [0.15, 0.2) is 0 Å². The number of thioether (sulfide) groups is 1. The van der Waals surface area contributed by atoms with E-state index in [0.717, 1.165) is 5.75 Å². The van der Waals surface area contributed by atoms with Crippen LogP contribution in [0.1, 0.15) is 13.3 Å². The van der Waals surface area contributed by atoms with Crippen molar-refractivity contribution in [3.05, 3.63) is 0 Å². The van der Waals surface area contributed by atoms with Crippen molar-refractivity contribution in [2.75, 3.05) is 5.75 Å². The largest absolute Gasteiger partial charge is 0.298 e. The molecule has 0 radical (unpaired) electrons. The molecule has 1 aliphatic heterocycles. The highest BCUT2D eigenvalue weighted by Gasteiger charge is 2.23. The Morgan fingerprint density at radius 2 is 2.44 bits per heavy atom. The SMILES string of the molecule is CC1SCC(Cl)CC1=O. The molecule has 0 aromatic carbocycles. The second-order valence-corrected chi connectivity index (χ2v) is 4.23. The van der Waals surface area contributed by atoms with Crippen LogP contribution < -0.4 is 0 Å². The van der Waals surface area contributed by atoms with Crippen molar-refractivity contribution in [3.8, 4) is 0 Å². The average molecular weight is 165 g/mol. The number of carbonyl (C=O) groups excluding carboxylic acids is 1. The second-order valence-electron chi connectivity index (χ2n) is 2.24. The van der Waals surface area contributed by atoms with E-state index in [9.17, 15) is 4.79 Å². The summed E-state index contributed by atoms with van der Waals surface area (Å²) in [6, 6.07) is 0. The highest BCUT2D eigenvalue weighted by molar-refractivity contribution is 8.00. The molecule has 0 bridgehead atoms. The van der Waals surface area contributed by atoms with Gasteiger partial charge in [-0.3, -0.25) is 4.79 Å². The van der Waals surface area contributed by atoms with E-state index < -0.39 is 0 Å². The molecule has 0 aliphatic carbocycles. The molecule has 1 heterocycles. The number of carbonyl (C=O) groups is 1. The Hall–Kier alpha value is 0.310. The molecule has 2 atom stereocenters. The van der Waals surface area contributed by atoms with Gasteiger partial charge in [0.05, 0.1) is 5.25 Å². The molecule has 0 saturated carbocycles. The van der Waals surface area contributed by atoms with Gasteiger partial charge in [0, 0.05) is 17.6 Å². The van der Waals surface area contributed by atoms with Gasteiger partial charge >= 0.3 is 0 Å². The second kappa shape index (κ2) is 2.93. The predicted molar refractivity (Wildman–Crippen MR) is 41.2 cm³/mol. The van der Waals surface area contributed by atoms with Gasteiger partial charge in [-0.2, -0.15) is 0 Å². The molecular formula is C6H9ClOS. The summed E-state index contributed by atoms with van der Waals surface area (Å²) in [4.78, 5) is 10.9. The van der Waals surface area contributed by atoms with Crippen LogP contribution in [-0.4, -0.2) is 22.2 Å². The average Bonchev–Trinajstić information content (AvgIpc) is 1.80. The zero-order chi connectivity index (χ0) is 6.85. The number of ketones is 1. The van der Waals surface area contributed by atoms with Crippen LogP contribution in [0, 0.1) is 0 Å². The summed E-state index contributed by atoms with van der Waals surface area (Å²) >= 11 is 7.39. The lowest BCUT2D eigenvalue weighted by Gasteiger charge is -2.19. The van der Waals surface area contributed by atoms with Crippen LogP contribution in [0.25, 0.3) is 0 Å². The maximum absolute atomic E-state index is 10.9. The van der Waals surface area contributed by atoms with Crippen LogP contribution in [0.2, 0.25) is 0 Å². The Balaban J connectivity index is 2.44. The predicted octanol–water partition coefficient (Wildman–Crippen LogP) is 1.69. The quantitative estimate of drug-likeness (QED) is 0.507. The highest BCUT2D eigenvalue weighted by atomic mass is 35.5. The number of rotatable bonds is 0. The molecular weight excluding hydrogens is 156 g/mol. The van der Waals surface area contributed by atoms with Crippen LogP contribution in [0.3, 0.4) is 0 Å². The third-order valence-electron chi connectivity index (χ3n) is 1.40. The first-order chi connectivity index (χ1) is 4.20. The maximum atomic E-state index is 10.9. The van der Waals surface area contributed by atoms with E-state index in [-0.39, 0.29) is 10.6 Å². The minimum Gasteiger partial charge on any atom is -0.298 e. The van der Waals surface area contributed by atoms with Crippen molar-refractivity contribution in [2.45, 2.75) is 24.0 Å². The van der Waals surface area contributed by atoms with E-state index in [0.29, 0.717) is 12.2 Å². The van der Waals surface area contributed by atoms with Gasteiger partial charge in [-0.1, -0.05) is 0 Å². The molecule has 2 unspecified atom stereocenters. The van der Waals surface area contributed by atoms with Crippen LogP contribution in [-0.2, 0) is 4.79 Å². The smallest absolute Gasteiger partial charge is 0.147 e. The molecule has 1 saturated heterocycles. The normalized spacial score (nSPS) is 36.9. The minimum absolute atomic E-state index is 0.0821. The van der Waals surface area contributed by atoms with Crippen molar-refractivity contribution in [1.29, 1.82) is 0 Å². The third kappa shape index (κ3) is 1.87. The zero-order valence-electron chi connectivity index (χ0n) is 5.26. The van der Waals surface area contributed by atoms with Gasteiger partial charge in [-0.25, -0.2) is 0 Å². The minimum atomic E-state index is 0.0821. The van der Waals surface area contributed by atoms with Crippen LogP contribution >= 0.6 is 23.4 Å². The molecule has 0 amide bonds. The fourth-order valence-corrected chi connectivity index (χ4v) is 2.05. The first kappa shape index (κ1) is 7.42. The van der Waals surface area contributed by atoms with Crippen molar-refractivity contribution in [3.63, 3.8) is 0 Å². The number of Topliss-reactive ketones (excluding diaryl/α,β-unsaturated/α-hetero) is 1. The summed E-state index contributed by atoms with van der Waals surface area (Å²) in [5.74, 6) is 1.22. The van der Waals surface area contributed by atoms with E-state index in [1.807, 2.05) is 6.92 Å². The zero-order valence-corrected chi connectivity index (χ0v) is 6.84. The fourth-order valence-electron chi connectivity index (χ4n) is 0.785. The maximum Gasteiger partial charge on any atom is 0.147 e. The number of hydrogen-bond acceptors (Lipinski definition) is 2. The Labute approximate surface area is 64.1 Å². The van der Waals surface area contributed by atoms with Gasteiger partial charge in [0.2, 0.25) is 0 Å². The molecule has 0 aromatic rings. The molecule has 1 nitrogen and oxygen atoms in total. The highest BCUT2D eigenvalue weighted by Crippen LogP contribution is 2.24. The van der Waals surface area contributed by atoms with E-state index in [4.69, 9.17) is 11.6 Å². The van der Waals surface area contributed by atoms with Crippen molar-refractivity contribution < 1.29 is 4.79 Å². The van der Waals surface area contributed by atoms with Crippen molar-refractivity contribution >= 4 is 29.1 Å². The Bertz CT molecular complexity index is 126. The molecule has 0 spiro atoms. The summed E-state index contributed by atoms with van der Waals surface area (Å²) in [7, 11) is 0. The Morgan fingerprint density at radius 1 is 1.78 bits per heavy atom. The van der Waals surface area contributed by atoms with Gasteiger partial charge in [-0.15, -0.1) is 23.4 Å². The van der Waals surface area contributed by atoms with Gasteiger partial charge in [-0.05, 0) is 6.92 Å². The van der Waals surface area contributed by atoms with Gasteiger partial charge in [0.1, 0.15) is 5.78 Å². The Kier molecular flexibility index (Phi) is 2.42. The lowest BCUT2D eigenvalue weighted by atomic mass is 10.2. The molecule has 1 aliphatic rings. The van der Waals surface area contributed by atoms with E-state index in [1.54, 1.807) is 11.8 Å². The van der Waals surface area contributed by atoms with Crippen LogP contribution in [0.4, 0.5) is 0 Å². The monoisotopic (exact) mass is 164 g/mol. The molecule has 0 aromatic heterocycles. The summed E-state index contributed by atoms with van der Waals surface area (Å²) in [6.07, 6.45) is 0.565. The lowest BCUT2D eigenvalue weighted by Crippen LogP contribution is -2.25. The molecule has 52 valence electrons. The standard InChI is InChI=1S/C6H9ClOS/c1-4-6(8)2-5(7)3-9-4/h4-5H,2-3H2,1H3. The number of alkyl halides is 1. The molecule has 1 fully saturated rings. The first-order valence-corrected chi connectivity index (χ1v) is 4.47. The topological polar surface area (TPSA) is 17.1 Å². The summed E-state index contributed by atoms with van der Waals surface area (Å²) in [5, 5.41) is 0.263. The van der Waals surface area contributed by atoms with Gasteiger partial charge in [0.15, 0.2) is 0 Å². The summed E-state index contributed by atoms with van der Waals surface area (Å²) < 4.78 is 0. The number of hydrogen-bond donors (Lipinski definition) is 0. The van der Waals surface area contributed by atoms with Crippen LogP contribution in [0.5, 0.6) is 0 Å². The summed E-state index contributed by atoms with van der Waals surface area (Å²) in [5.41, 5.74) is 0. The molecule has 1 rings (SSSR count). The van der Waals surface area contributed by atoms with Gasteiger partial charge in [0.25, 0.3) is 0 Å². The van der Waals surface area contributed by atoms with Crippen molar-refractivity contribution in [1.82, 2.24) is 0 Å². The molecule has 3 heteroatoms. The first-order valence-electron chi connectivity index (χ1n) is 2.98. The third-order valence-corrected chi connectivity index (χ3v) is 3.25. The molecule has 0 N–H and O–H groups in total. The number of halogens is 1. The fraction of sp³-hybridized carbons (Fsp3) is 0.833. The van der Waals surface area contributed by atoms with E-state index in [2.05, 4.69) is 0 Å². The van der Waals surface area contributed by atoms with E-state index in [1.165, 1.54) is 0 Å². The summed E-state index contributed by atoms with van der Waals surface area (Å²) in [6.45, 7) is 1.94. The van der Waals surface area contributed by atoms with Gasteiger partial charge < -0.3 is 0 Å².